The van der Waals surface area contributed by atoms with Gasteiger partial charge in [-0.15, -0.1) is 0 Å². The Morgan fingerprint density at radius 2 is 1.22 bits per heavy atom. The molecule has 0 bridgehead atoms. The molecule has 174 valence electrons. The van der Waals surface area contributed by atoms with Crippen LogP contribution in [0.15, 0.2) is 6.07 Å². The lowest BCUT2D eigenvalue weighted by atomic mass is 10.0. The van der Waals surface area contributed by atoms with Gasteiger partial charge in [-0.1, -0.05) is 0 Å². The zero-order chi connectivity index (χ0) is 22.8. The largest absolute Gasteiger partial charge is 0.338 e. The Morgan fingerprint density at radius 1 is 0.719 bits per heavy atom. The van der Waals surface area contributed by atoms with E-state index in [1.165, 1.54) is 0 Å². The molecule has 13 nitrogen and oxygen atoms in total. The van der Waals surface area contributed by atoms with Crippen molar-refractivity contribution in [3.8, 4) is 0 Å². The summed E-state index contributed by atoms with van der Waals surface area (Å²) in [5, 5.41) is 0. The lowest BCUT2D eigenvalue weighted by Crippen LogP contribution is -2.54. The highest BCUT2D eigenvalue weighted by Crippen LogP contribution is 2.22. The van der Waals surface area contributed by atoms with Gasteiger partial charge < -0.3 is 32.7 Å². The van der Waals surface area contributed by atoms with Gasteiger partial charge in [-0.25, -0.2) is 9.97 Å². The van der Waals surface area contributed by atoms with Crippen molar-refractivity contribution in [1.29, 1.82) is 0 Å². The molecule has 0 amide bonds. The molecule has 4 rings (SSSR count). The Balaban J connectivity index is 1.62. The number of rotatable bonds is 5. The van der Waals surface area contributed by atoms with Crippen LogP contribution in [-0.2, 0) is 0 Å². The van der Waals surface area contributed by atoms with E-state index < -0.39 is 0 Å². The average Bonchev–Trinajstić information content (AvgIpc) is 2.70. The van der Waals surface area contributed by atoms with E-state index in [4.69, 9.17) is 27.9 Å². The number of nitrogens with zero attached hydrogens (tertiary/aromatic N) is 7. The lowest BCUT2D eigenvalue weighted by molar-refractivity contribution is 0.441. The number of aryl methyl sites for hydroxylation is 2. The van der Waals surface area contributed by atoms with Gasteiger partial charge in [0.15, 0.2) is 0 Å². The first-order valence-electron chi connectivity index (χ1n) is 10.9. The van der Waals surface area contributed by atoms with Crippen molar-refractivity contribution in [3.63, 3.8) is 0 Å². The Bertz CT molecular complexity index is 853. The van der Waals surface area contributed by atoms with E-state index in [0.29, 0.717) is 55.7 Å². The minimum atomic E-state index is -0.0442. The van der Waals surface area contributed by atoms with Crippen molar-refractivity contribution in [2.24, 2.45) is 22.9 Å². The van der Waals surface area contributed by atoms with E-state index in [9.17, 15) is 0 Å². The van der Waals surface area contributed by atoms with E-state index in [2.05, 4.69) is 30.8 Å². The molecule has 2 aliphatic rings. The summed E-state index contributed by atoms with van der Waals surface area (Å²) < 4.78 is 0. The topological polar surface area (TPSA) is 199 Å². The van der Waals surface area contributed by atoms with Crippen LogP contribution in [0.3, 0.4) is 0 Å². The van der Waals surface area contributed by atoms with Crippen LogP contribution in [0.1, 0.15) is 24.4 Å². The van der Waals surface area contributed by atoms with E-state index in [1.807, 2.05) is 29.7 Å². The number of piperidine rings is 2. The zero-order valence-corrected chi connectivity index (χ0v) is 18.6. The van der Waals surface area contributed by atoms with E-state index >= 15 is 0 Å². The van der Waals surface area contributed by atoms with Gasteiger partial charge in [-0.3, -0.25) is 10.9 Å². The summed E-state index contributed by atoms with van der Waals surface area (Å²) in [4.78, 5) is 26.6. The fourth-order valence-corrected chi connectivity index (χ4v) is 4.28. The molecule has 2 aromatic heterocycles. The second kappa shape index (κ2) is 9.32. The second-order valence-electron chi connectivity index (χ2n) is 8.77. The van der Waals surface area contributed by atoms with Gasteiger partial charge in [-0.2, -0.15) is 15.0 Å². The van der Waals surface area contributed by atoms with Crippen molar-refractivity contribution < 1.29 is 0 Å². The Morgan fingerprint density at radius 3 is 1.69 bits per heavy atom. The first-order chi connectivity index (χ1) is 15.2. The number of hydrogen-bond acceptors (Lipinski definition) is 13. The molecular weight excluding hydrogens is 410 g/mol. The monoisotopic (exact) mass is 443 g/mol. The minimum absolute atomic E-state index is 0.0442. The molecule has 0 aromatic carbocycles. The first kappa shape index (κ1) is 22.3. The highest BCUT2D eigenvalue weighted by atomic mass is 15.5. The Hall–Kier alpha value is -2.87. The zero-order valence-electron chi connectivity index (χ0n) is 18.6. The first-order valence-corrected chi connectivity index (χ1v) is 10.9. The van der Waals surface area contributed by atoms with Gasteiger partial charge >= 0.3 is 0 Å². The molecule has 2 saturated heterocycles. The molecular formula is C19H33N13. The van der Waals surface area contributed by atoms with Crippen molar-refractivity contribution in [3.05, 3.63) is 17.6 Å². The number of aromatic nitrogens is 5. The molecule has 0 saturated carbocycles. The summed E-state index contributed by atoms with van der Waals surface area (Å²) in [5.74, 6) is 2.64. The van der Waals surface area contributed by atoms with Gasteiger partial charge in [0.1, 0.15) is 11.6 Å². The SMILES string of the molecule is Cc1cc(NNc2nc(N3C[C@H](N)C[C@H](N)C3)nc(N3C[C@H](N)C[C@H](N)C3)n2)nc(C)n1. The molecule has 0 aliphatic carbocycles. The normalized spacial score (nSPS) is 26.2. The van der Waals surface area contributed by atoms with Crippen LogP contribution < -0.4 is 43.6 Å². The summed E-state index contributed by atoms with van der Waals surface area (Å²) in [6.07, 6.45) is 1.53. The van der Waals surface area contributed by atoms with Crippen LogP contribution >= 0.6 is 0 Å². The Kier molecular flexibility index (Phi) is 6.50. The highest BCUT2D eigenvalue weighted by Gasteiger charge is 2.28. The third-order valence-corrected chi connectivity index (χ3v) is 5.48. The van der Waals surface area contributed by atoms with Gasteiger partial charge in [0.2, 0.25) is 17.8 Å². The van der Waals surface area contributed by atoms with Crippen molar-refractivity contribution in [1.82, 2.24) is 24.9 Å². The number of hydrogen-bond donors (Lipinski definition) is 6. The van der Waals surface area contributed by atoms with Crippen LogP contribution in [0.4, 0.5) is 23.7 Å². The maximum Gasteiger partial charge on any atom is 0.248 e. The van der Waals surface area contributed by atoms with Crippen LogP contribution in [0, 0.1) is 13.8 Å². The van der Waals surface area contributed by atoms with Crippen LogP contribution in [0.5, 0.6) is 0 Å². The molecule has 4 atom stereocenters. The number of hydrazine groups is 1. The molecule has 2 aromatic rings. The number of nitrogens with two attached hydrogens (primary N) is 4. The maximum absolute atomic E-state index is 6.19. The fourth-order valence-electron chi connectivity index (χ4n) is 4.28. The molecule has 0 spiro atoms. The third-order valence-electron chi connectivity index (χ3n) is 5.48. The summed E-state index contributed by atoms with van der Waals surface area (Å²) in [5.41, 5.74) is 31.7. The summed E-state index contributed by atoms with van der Waals surface area (Å²) in [6, 6.07) is 1.65. The highest BCUT2D eigenvalue weighted by molar-refractivity contribution is 5.49. The van der Waals surface area contributed by atoms with Crippen LogP contribution in [0.2, 0.25) is 0 Å². The van der Waals surface area contributed by atoms with Crippen molar-refractivity contribution in [2.75, 3.05) is 46.8 Å². The lowest BCUT2D eigenvalue weighted by Gasteiger charge is -2.37. The Labute approximate surface area is 187 Å². The van der Waals surface area contributed by atoms with Gasteiger partial charge in [0.05, 0.1) is 0 Å². The van der Waals surface area contributed by atoms with E-state index in [-0.39, 0.29) is 24.2 Å². The average molecular weight is 444 g/mol. The van der Waals surface area contributed by atoms with E-state index in [1.54, 1.807) is 0 Å². The van der Waals surface area contributed by atoms with Gasteiger partial charge in [0.25, 0.3) is 0 Å². The van der Waals surface area contributed by atoms with Crippen molar-refractivity contribution >= 4 is 23.7 Å². The maximum atomic E-state index is 6.19. The van der Waals surface area contributed by atoms with Crippen LogP contribution in [0.25, 0.3) is 0 Å². The quantitative estimate of drug-likeness (QED) is 0.290. The van der Waals surface area contributed by atoms with E-state index in [0.717, 1.165) is 18.5 Å². The van der Waals surface area contributed by atoms with Gasteiger partial charge in [-0.05, 0) is 26.7 Å². The summed E-state index contributed by atoms with van der Waals surface area (Å²) >= 11 is 0. The predicted molar refractivity (Wildman–Crippen MR) is 124 cm³/mol. The predicted octanol–water partition coefficient (Wildman–Crippen LogP) is -1.55. The van der Waals surface area contributed by atoms with Gasteiger partial charge in [0, 0.05) is 62.1 Å². The second-order valence-corrected chi connectivity index (χ2v) is 8.77. The molecule has 2 fully saturated rings. The molecule has 32 heavy (non-hydrogen) atoms. The summed E-state index contributed by atoms with van der Waals surface area (Å²) in [7, 11) is 0. The molecule has 2 aliphatic heterocycles. The molecule has 10 N–H and O–H groups in total. The number of nitrogens with one attached hydrogen (secondary N) is 2. The standard InChI is InChI=1S/C19H33N13/c1-10-3-16(25-11(2)24-10)29-30-17-26-18(31-6-12(20)4-13(21)7-31)28-19(27-17)32-8-14(22)5-15(23)9-32/h3,12-15H,4-9,20-23H2,1-2H3,(H,24,25,29)(H,26,27,28,30)/t12-,13+,14-,15+. The smallest absolute Gasteiger partial charge is 0.248 e. The molecule has 13 heteroatoms. The minimum Gasteiger partial charge on any atom is -0.338 e. The molecule has 4 heterocycles. The van der Waals surface area contributed by atoms with Crippen LogP contribution in [-0.4, -0.2) is 75.3 Å². The fraction of sp³-hybridized carbons (Fsp3) is 0.632. The summed E-state index contributed by atoms with van der Waals surface area (Å²) in [6.45, 7) is 6.22. The molecule has 0 radical (unpaired) electrons. The third kappa shape index (κ3) is 5.48. The molecule has 0 unspecified atom stereocenters. The number of anilines is 4. The van der Waals surface area contributed by atoms with Crippen molar-refractivity contribution in [2.45, 2.75) is 50.9 Å².